The van der Waals surface area contributed by atoms with Gasteiger partial charge < -0.3 is 19.5 Å². The van der Waals surface area contributed by atoms with Crippen molar-refractivity contribution in [2.24, 2.45) is 5.92 Å². The summed E-state index contributed by atoms with van der Waals surface area (Å²) in [6.45, 7) is 8.63. The summed E-state index contributed by atoms with van der Waals surface area (Å²) in [4.78, 5) is 24.7. The largest absolute Gasteiger partial charge is 0.486 e. The van der Waals surface area contributed by atoms with Crippen molar-refractivity contribution in [1.82, 2.24) is 5.32 Å². The van der Waals surface area contributed by atoms with Crippen LogP contribution < -0.4 is 14.8 Å². The van der Waals surface area contributed by atoms with Crippen LogP contribution in [0.5, 0.6) is 11.5 Å². The first kappa shape index (κ1) is 23.0. The molecule has 0 radical (unpaired) electrons. The normalized spacial score (nSPS) is 14.9. The predicted octanol–water partition coefficient (Wildman–Crippen LogP) is 4.56. The molecule has 6 heteroatoms. The van der Waals surface area contributed by atoms with Gasteiger partial charge in [0.1, 0.15) is 19.3 Å². The summed E-state index contributed by atoms with van der Waals surface area (Å²) >= 11 is 0. The molecule has 162 valence electrons. The van der Waals surface area contributed by atoms with Crippen LogP contribution in [0.4, 0.5) is 0 Å². The molecule has 0 aromatic heterocycles. The van der Waals surface area contributed by atoms with Crippen LogP contribution in [0.15, 0.2) is 18.2 Å². The van der Waals surface area contributed by atoms with E-state index in [0.717, 1.165) is 24.8 Å². The van der Waals surface area contributed by atoms with Crippen molar-refractivity contribution in [1.29, 1.82) is 0 Å². The fraction of sp³-hybridized carbons (Fsp3) is 0.652. The van der Waals surface area contributed by atoms with E-state index in [4.69, 9.17) is 14.2 Å². The predicted molar refractivity (Wildman–Crippen MR) is 112 cm³/mol. The summed E-state index contributed by atoms with van der Waals surface area (Å²) in [5.74, 6) is 0.741. The van der Waals surface area contributed by atoms with Gasteiger partial charge in [-0.05, 0) is 31.0 Å². The van der Waals surface area contributed by atoms with Gasteiger partial charge in [-0.2, -0.15) is 0 Å². The minimum atomic E-state index is -0.593. The van der Waals surface area contributed by atoms with Gasteiger partial charge in [0.05, 0.1) is 12.0 Å². The van der Waals surface area contributed by atoms with Gasteiger partial charge in [0, 0.05) is 6.42 Å². The number of hydrogen-bond acceptors (Lipinski definition) is 5. The first-order valence-corrected chi connectivity index (χ1v) is 10.8. The topological polar surface area (TPSA) is 73.9 Å². The number of rotatable bonds is 11. The Hall–Kier alpha value is -2.24. The Morgan fingerprint density at radius 3 is 2.41 bits per heavy atom. The Morgan fingerprint density at radius 1 is 1.03 bits per heavy atom. The summed E-state index contributed by atoms with van der Waals surface area (Å²) in [5, 5.41) is 3.01. The van der Waals surface area contributed by atoms with Gasteiger partial charge in [0.2, 0.25) is 5.91 Å². The zero-order chi connectivity index (χ0) is 21.2. The Balaban J connectivity index is 2.05. The smallest absolute Gasteiger partial charge is 0.309 e. The highest BCUT2D eigenvalue weighted by molar-refractivity contribution is 5.76. The van der Waals surface area contributed by atoms with Gasteiger partial charge in [-0.25, -0.2) is 0 Å². The summed E-state index contributed by atoms with van der Waals surface area (Å²) in [6, 6.07) is 5.16. The van der Waals surface area contributed by atoms with E-state index in [9.17, 15) is 9.59 Å². The highest BCUT2D eigenvalue weighted by atomic mass is 16.6. The number of fused-ring (bicyclic) bond motifs is 1. The number of unbranched alkanes of at least 4 members (excludes halogenated alkanes) is 4. The van der Waals surface area contributed by atoms with Crippen LogP contribution in [-0.2, 0) is 14.3 Å². The van der Waals surface area contributed by atoms with Crippen molar-refractivity contribution in [3.05, 3.63) is 23.8 Å². The molecule has 0 aliphatic carbocycles. The molecule has 1 aliphatic heterocycles. The molecule has 0 fully saturated rings. The fourth-order valence-electron chi connectivity index (χ4n) is 3.25. The van der Waals surface area contributed by atoms with E-state index in [1.165, 1.54) is 12.8 Å². The first-order valence-electron chi connectivity index (χ1n) is 10.8. The molecule has 0 unspecified atom stereocenters. The third kappa shape index (κ3) is 7.26. The second kappa shape index (κ2) is 11.7. The van der Waals surface area contributed by atoms with E-state index in [2.05, 4.69) is 12.2 Å². The van der Waals surface area contributed by atoms with Crippen LogP contribution >= 0.6 is 0 Å². The maximum absolute atomic E-state index is 12.4. The first-order chi connectivity index (χ1) is 13.9. The van der Waals surface area contributed by atoms with Crippen LogP contribution in [0.3, 0.4) is 0 Å². The van der Waals surface area contributed by atoms with E-state index in [1.54, 1.807) is 13.8 Å². The highest BCUT2D eigenvalue weighted by Gasteiger charge is 2.27. The van der Waals surface area contributed by atoms with E-state index in [-0.39, 0.29) is 23.8 Å². The van der Waals surface area contributed by atoms with Crippen molar-refractivity contribution in [3.8, 4) is 11.5 Å². The lowest BCUT2D eigenvalue weighted by Gasteiger charge is -2.27. The average Bonchev–Trinajstić information content (AvgIpc) is 2.71. The molecule has 0 saturated carbocycles. The van der Waals surface area contributed by atoms with E-state index in [0.29, 0.717) is 31.1 Å². The molecule has 0 spiro atoms. The fourth-order valence-corrected chi connectivity index (χ4v) is 3.25. The Labute approximate surface area is 174 Å². The third-order valence-corrected chi connectivity index (χ3v) is 4.96. The number of nitrogens with one attached hydrogen (secondary N) is 1. The van der Waals surface area contributed by atoms with E-state index in [1.807, 2.05) is 25.1 Å². The van der Waals surface area contributed by atoms with Crippen molar-refractivity contribution < 1.29 is 23.8 Å². The maximum Gasteiger partial charge on any atom is 0.309 e. The van der Waals surface area contributed by atoms with Crippen LogP contribution in [0.25, 0.3) is 0 Å². The third-order valence-electron chi connectivity index (χ3n) is 4.96. The lowest BCUT2D eigenvalue weighted by molar-refractivity contribution is -0.155. The molecule has 1 aromatic carbocycles. The monoisotopic (exact) mass is 405 g/mol. The molecular formula is C23H35NO5. The number of ether oxygens (including phenoxy) is 3. The van der Waals surface area contributed by atoms with Crippen molar-refractivity contribution >= 4 is 11.9 Å². The molecule has 6 nitrogen and oxygen atoms in total. The summed E-state index contributed by atoms with van der Waals surface area (Å²) in [5.41, 5.74) is 0.777. The zero-order valence-electron chi connectivity index (χ0n) is 18.2. The molecule has 29 heavy (non-hydrogen) atoms. The Bertz CT molecular complexity index is 673. The van der Waals surface area contributed by atoms with Gasteiger partial charge in [-0.1, -0.05) is 52.5 Å². The Kier molecular flexibility index (Phi) is 9.29. The summed E-state index contributed by atoms with van der Waals surface area (Å²) in [6.07, 6.45) is 5.37. The summed E-state index contributed by atoms with van der Waals surface area (Å²) in [7, 11) is 0. The SMILES string of the molecule is CCCCCCCC(=O)N[C@H](C)[C@H](OC(=O)C(C)C)c1ccc2c(c1)OCCO2. The van der Waals surface area contributed by atoms with Gasteiger partial charge in [-0.3, -0.25) is 9.59 Å². The van der Waals surface area contributed by atoms with E-state index >= 15 is 0 Å². The molecule has 2 atom stereocenters. The number of carbonyl (C=O) groups is 2. The molecule has 2 rings (SSSR count). The second-order valence-electron chi connectivity index (χ2n) is 7.94. The quantitative estimate of drug-likeness (QED) is 0.431. The number of amides is 1. The maximum atomic E-state index is 12.4. The molecule has 1 heterocycles. The van der Waals surface area contributed by atoms with Crippen molar-refractivity contribution in [2.75, 3.05) is 13.2 Å². The van der Waals surface area contributed by atoms with Gasteiger partial charge in [-0.15, -0.1) is 0 Å². The van der Waals surface area contributed by atoms with Gasteiger partial charge >= 0.3 is 5.97 Å². The minimum absolute atomic E-state index is 0.0165. The minimum Gasteiger partial charge on any atom is -0.486 e. The average molecular weight is 406 g/mol. The zero-order valence-corrected chi connectivity index (χ0v) is 18.2. The number of carbonyl (C=O) groups excluding carboxylic acids is 2. The molecule has 1 aromatic rings. The standard InChI is InChI=1S/C23H35NO5/c1-5-6-7-8-9-10-21(25)24-17(4)22(29-23(26)16(2)3)18-11-12-19-20(15-18)28-14-13-27-19/h11-12,15-17,22H,5-10,13-14H2,1-4H3,(H,24,25)/t17-,22+/m1/s1. The highest BCUT2D eigenvalue weighted by Crippen LogP contribution is 2.34. The lowest BCUT2D eigenvalue weighted by Crippen LogP contribution is -2.39. The van der Waals surface area contributed by atoms with Gasteiger partial charge in [0.15, 0.2) is 11.5 Å². The van der Waals surface area contributed by atoms with Crippen molar-refractivity contribution in [2.45, 2.75) is 78.4 Å². The number of hydrogen-bond donors (Lipinski definition) is 1. The molecule has 1 aliphatic rings. The molecular weight excluding hydrogens is 370 g/mol. The summed E-state index contributed by atoms with van der Waals surface area (Å²) < 4.78 is 17.0. The molecule has 0 saturated heterocycles. The molecule has 0 bridgehead atoms. The van der Waals surface area contributed by atoms with Crippen LogP contribution in [0.2, 0.25) is 0 Å². The second-order valence-corrected chi connectivity index (χ2v) is 7.94. The van der Waals surface area contributed by atoms with E-state index < -0.39 is 6.10 Å². The van der Waals surface area contributed by atoms with Gasteiger partial charge in [0.25, 0.3) is 0 Å². The Morgan fingerprint density at radius 2 is 1.72 bits per heavy atom. The van der Waals surface area contributed by atoms with Crippen LogP contribution in [0, 0.1) is 5.92 Å². The van der Waals surface area contributed by atoms with Crippen molar-refractivity contribution in [3.63, 3.8) is 0 Å². The van der Waals surface area contributed by atoms with Crippen LogP contribution in [0.1, 0.15) is 77.9 Å². The molecule has 1 N–H and O–H groups in total. The van der Waals surface area contributed by atoms with Crippen LogP contribution in [-0.4, -0.2) is 31.1 Å². The number of esters is 1. The molecule has 1 amide bonds. The number of benzene rings is 1. The lowest BCUT2D eigenvalue weighted by atomic mass is 10.0.